The topological polar surface area (TPSA) is 128 Å². The van der Waals surface area contributed by atoms with Crippen LogP contribution >= 0.6 is 23.4 Å². The first-order valence-electron chi connectivity index (χ1n) is 21.1. The van der Waals surface area contributed by atoms with E-state index in [-0.39, 0.29) is 43.1 Å². The van der Waals surface area contributed by atoms with Crippen molar-refractivity contribution >= 4 is 54.7 Å². The maximum absolute atomic E-state index is 16.1. The lowest BCUT2D eigenvalue weighted by atomic mass is 9.95. The summed E-state index contributed by atoms with van der Waals surface area (Å²) in [5.41, 5.74) is -3.74. The molecule has 0 radical (unpaired) electrons. The van der Waals surface area contributed by atoms with E-state index >= 15 is 4.39 Å². The summed E-state index contributed by atoms with van der Waals surface area (Å²) in [6.07, 6.45) is -6.02. The van der Waals surface area contributed by atoms with Crippen LogP contribution in [-0.4, -0.2) is 111 Å². The van der Waals surface area contributed by atoms with Crippen LogP contribution in [0.1, 0.15) is 35.5 Å². The molecule has 7 rings (SSSR count). The highest BCUT2D eigenvalue weighted by Crippen LogP contribution is 2.39. The van der Waals surface area contributed by atoms with E-state index in [0.717, 1.165) is 33.7 Å². The van der Waals surface area contributed by atoms with Gasteiger partial charge in [0.1, 0.15) is 16.9 Å². The van der Waals surface area contributed by atoms with E-state index in [2.05, 4.69) is 15.3 Å². The third kappa shape index (κ3) is 12.2. The summed E-state index contributed by atoms with van der Waals surface area (Å²) in [4.78, 5) is 11.2. The van der Waals surface area contributed by atoms with Crippen molar-refractivity contribution < 1.29 is 47.6 Å². The zero-order valence-electron chi connectivity index (χ0n) is 36.2. The molecule has 5 aromatic rings. The van der Waals surface area contributed by atoms with E-state index in [9.17, 15) is 43.2 Å². The van der Waals surface area contributed by atoms with Crippen LogP contribution in [0.3, 0.4) is 0 Å². The molecule has 22 heteroatoms. The number of nitrogens with one attached hydrogen (secondary N) is 2. The molecule has 0 spiro atoms. The molecule has 1 fully saturated rings. The number of anilines is 2. The van der Waals surface area contributed by atoms with Crippen molar-refractivity contribution in [1.82, 2.24) is 24.7 Å². The predicted octanol–water partition coefficient (Wildman–Crippen LogP) is 9.41. The fourth-order valence-electron chi connectivity index (χ4n) is 8.13. The van der Waals surface area contributed by atoms with E-state index in [0.29, 0.717) is 43.6 Å². The van der Waals surface area contributed by atoms with E-state index in [1.54, 1.807) is 43.3 Å². The van der Waals surface area contributed by atoms with Crippen LogP contribution in [-0.2, 0) is 45.5 Å². The van der Waals surface area contributed by atoms with Gasteiger partial charge in [-0.25, -0.2) is 31.2 Å². The van der Waals surface area contributed by atoms with Gasteiger partial charge in [-0.1, -0.05) is 66.2 Å². The number of sulfonamides is 1. The summed E-state index contributed by atoms with van der Waals surface area (Å²) >= 11 is 7.46. The summed E-state index contributed by atoms with van der Waals surface area (Å²) in [7, 11) is -7.74. The minimum atomic E-state index is -6.19. The lowest BCUT2D eigenvalue weighted by Gasteiger charge is -2.42. The van der Waals surface area contributed by atoms with E-state index in [1.807, 2.05) is 69.1 Å². The summed E-state index contributed by atoms with van der Waals surface area (Å²) in [6, 6.07) is 24.9. The Balaban J connectivity index is 1.12. The van der Waals surface area contributed by atoms with Crippen molar-refractivity contribution in [2.45, 2.75) is 77.0 Å². The lowest BCUT2D eigenvalue weighted by Crippen LogP contribution is -2.53. The first kappa shape index (κ1) is 50.4. The standard InChI is InChI=1S/C45H47ClF7N7O4S3/c1-58(2)21-18-32(28-65-33-9-4-3-5-10-33)54-38-17-16-34(24-41(38)66(61,62)45(51,52)53)67(63,64)57-42-36-19-23-60(27-39(36)55-43(56-42)44(48,49)50)40-20-22-59(26-37(40)47)25-30-8-6-7-11-35(30)29-12-14-31(46)15-13-29/h3-17,24,32,37,40,54H,18-23,25-28H2,1-2H3,(H,55,56,57). The van der Waals surface area contributed by atoms with Crippen molar-refractivity contribution in [2.24, 2.45) is 0 Å². The number of hydrogen-bond donors (Lipinski definition) is 2. The Morgan fingerprint density at radius 1 is 0.896 bits per heavy atom. The fraction of sp³-hybridized carbons (Fsp3) is 0.378. The van der Waals surface area contributed by atoms with Gasteiger partial charge >= 0.3 is 11.7 Å². The van der Waals surface area contributed by atoms with Crippen LogP contribution in [0.4, 0.5) is 42.2 Å². The molecule has 2 aliphatic rings. The predicted molar refractivity (Wildman–Crippen MR) is 245 cm³/mol. The van der Waals surface area contributed by atoms with Crippen LogP contribution in [0.2, 0.25) is 5.02 Å². The molecule has 3 unspecified atom stereocenters. The summed E-state index contributed by atoms with van der Waals surface area (Å²) in [5.74, 6) is -2.20. The maximum atomic E-state index is 16.1. The molecule has 67 heavy (non-hydrogen) atoms. The van der Waals surface area contributed by atoms with Gasteiger partial charge in [0.25, 0.3) is 19.9 Å². The second kappa shape index (κ2) is 20.6. The molecular weight excluding hydrogens is 967 g/mol. The average Bonchev–Trinajstić information content (AvgIpc) is 3.27. The quantitative estimate of drug-likeness (QED) is 0.0725. The summed E-state index contributed by atoms with van der Waals surface area (Å²) < 4.78 is 158. The first-order chi connectivity index (χ1) is 31.6. The van der Waals surface area contributed by atoms with Gasteiger partial charge in [0, 0.05) is 66.0 Å². The Labute approximate surface area is 394 Å². The van der Waals surface area contributed by atoms with E-state index in [4.69, 9.17) is 11.6 Å². The van der Waals surface area contributed by atoms with Gasteiger partial charge in [-0.05, 0) is 99.1 Å². The number of fused-ring (bicyclic) bond motifs is 1. The largest absolute Gasteiger partial charge is 0.501 e. The molecule has 2 aliphatic heterocycles. The number of halogens is 8. The zero-order valence-corrected chi connectivity index (χ0v) is 39.4. The molecule has 11 nitrogen and oxygen atoms in total. The molecule has 4 aromatic carbocycles. The molecule has 3 heterocycles. The van der Waals surface area contributed by atoms with Crippen molar-refractivity contribution in [3.63, 3.8) is 0 Å². The molecule has 0 saturated carbocycles. The monoisotopic (exact) mass is 1010 g/mol. The van der Waals surface area contributed by atoms with Crippen LogP contribution in [0, 0.1) is 0 Å². The van der Waals surface area contributed by atoms with Gasteiger partial charge in [0.15, 0.2) is 0 Å². The number of likely N-dealkylation sites (tertiary alicyclic amines) is 1. The van der Waals surface area contributed by atoms with E-state index in [1.165, 1.54) is 11.8 Å². The number of thioether (sulfide) groups is 1. The SMILES string of the molecule is CN(C)CCC(CSc1ccccc1)Nc1ccc(S(=O)(=O)Nc2nc(C(F)(F)F)nc3c2CCN(C2CCN(Cc4ccccc4-c4ccc(Cl)cc4)CC2F)C3)cc1S(=O)(=O)C(F)(F)F. The average molecular weight is 1010 g/mol. The number of nitrogens with zero attached hydrogens (tertiary/aromatic N) is 5. The summed E-state index contributed by atoms with van der Waals surface area (Å²) in [5, 5.41) is 3.47. The molecule has 0 bridgehead atoms. The fourth-order valence-corrected chi connectivity index (χ4v) is 11.3. The second-order valence-electron chi connectivity index (χ2n) is 16.6. The number of alkyl halides is 7. The molecule has 0 amide bonds. The van der Waals surface area contributed by atoms with Gasteiger partial charge < -0.3 is 10.2 Å². The highest BCUT2D eigenvalue weighted by atomic mass is 35.5. The number of rotatable bonds is 16. The van der Waals surface area contributed by atoms with Gasteiger partial charge in [-0.2, -0.15) is 26.3 Å². The Kier molecular flexibility index (Phi) is 15.5. The van der Waals surface area contributed by atoms with Crippen molar-refractivity contribution in [3.8, 4) is 11.1 Å². The van der Waals surface area contributed by atoms with Crippen LogP contribution in [0.25, 0.3) is 11.1 Å². The lowest BCUT2D eigenvalue weighted by molar-refractivity contribution is -0.145. The van der Waals surface area contributed by atoms with Crippen molar-refractivity contribution in [1.29, 1.82) is 0 Å². The van der Waals surface area contributed by atoms with Gasteiger partial charge in [0.05, 0.1) is 16.3 Å². The maximum Gasteiger partial charge on any atom is 0.501 e. The molecule has 2 N–H and O–H groups in total. The molecule has 1 aromatic heterocycles. The van der Waals surface area contributed by atoms with Crippen molar-refractivity contribution in [2.75, 3.05) is 56.1 Å². The Bertz CT molecular complexity index is 2750. The number of benzene rings is 4. The minimum Gasteiger partial charge on any atom is -0.380 e. The van der Waals surface area contributed by atoms with Crippen LogP contribution < -0.4 is 10.0 Å². The second-order valence-corrected chi connectivity index (χ2v) is 21.7. The first-order valence-corrected chi connectivity index (χ1v) is 25.4. The van der Waals surface area contributed by atoms with Gasteiger partial charge in [-0.15, -0.1) is 11.8 Å². The molecule has 0 aliphatic carbocycles. The third-order valence-electron chi connectivity index (χ3n) is 11.5. The number of aromatic nitrogens is 2. The number of piperidine rings is 1. The molecule has 360 valence electrons. The van der Waals surface area contributed by atoms with Crippen LogP contribution in [0.5, 0.6) is 0 Å². The van der Waals surface area contributed by atoms with E-state index < -0.39 is 76.9 Å². The highest BCUT2D eigenvalue weighted by Gasteiger charge is 2.49. The third-order valence-corrected chi connectivity index (χ3v) is 15.8. The summed E-state index contributed by atoms with van der Waals surface area (Å²) in [6.45, 7) is 1.21. The highest BCUT2D eigenvalue weighted by molar-refractivity contribution is 7.99. The smallest absolute Gasteiger partial charge is 0.380 e. The molecule has 3 atom stereocenters. The van der Waals surface area contributed by atoms with Crippen LogP contribution in [0.15, 0.2) is 112 Å². The molecule has 1 saturated heterocycles. The Hall–Kier alpha value is -4.51. The normalized spacial score (nSPS) is 18.1. The zero-order chi connectivity index (χ0) is 48.3. The van der Waals surface area contributed by atoms with Crippen molar-refractivity contribution in [3.05, 3.63) is 125 Å². The number of sulfone groups is 1. The Morgan fingerprint density at radius 3 is 2.27 bits per heavy atom. The van der Waals surface area contributed by atoms with Gasteiger partial charge in [-0.3, -0.25) is 14.5 Å². The minimum absolute atomic E-state index is 0.0273. The Morgan fingerprint density at radius 2 is 1.60 bits per heavy atom. The molecular formula is C45H47ClF7N7O4S3. The number of hydrogen-bond acceptors (Lipinski definition) is 11. The van der Waals surface area contributed by atoms with Gasteiger partial charge in [0.2, 0.25) is 5.82 Å².